The molecular weight excluding hydrogens is 473 g/mol. The number of hydrogen-bond donors (Lipinski definition) is 2. The Morgan fingerprint density at radius 1 is 0.424 bits per heavy atom. The van der Waals surface area contributed by atoms with Crippen LogP contribution in [0.1, 0.15) is 0 Å². The lowest BCUT2D eigenvalue weighted by molar-refractivity contribution is 0.572. The highest BCUT2D eigenvalue weighted by molar-refractivity contribution is 7.80. The van der Waals surface area contributed by atoms with Gasteiger partial charge in [-0.25, -0.2) is 0 Å². The Hall–Kier alpha value is -2.03. The summed E-state index contributed by atoms with van der Waals surface area (Å²) in [6, 6.07) is 45.2. The lowest BCUT2D eigenvalue weighted by Crippen LogP contribution is -2.73. The maximum atomic E-state index is 7.83. The molecule has 0 unspecified atom stereocenters. The van der Waals surface area contributed by atoms with Gasteiger partial charge in [0.05, 0.1) is 0 Å². The van der Waals surface area contributed by atoms with Crippen molar-refractivity contribution in [3.63, 3.8) is 0 Å². The van der Waals surface area contributed by atoms with E-state index in [1.54, 1.807) is 0 Å². The van der Waals surface area contributed by atoms with Crippen molar-refractivity contribution in [3.8, 4) is 0 Å². The number of benzene rings is 4. The van der Waals surface area contributed by atoms with Crippen molar-refractivity contribution in [2.75, 3.05) is 11.5 Å². The van der Waals surface area contributed by atoms with Gasteiger partial charge in [-0.15, -0.1) is 0 Å². The zero-order valence-electron chi connectivity index (χ0n) is 18.7. The first-order valence-corrected chi connectivity index (χ1v) is 16.9. The normalized spacial score (nSPS) is 11.9. The van der Waals surface area contributed by atoms with E-state index in [4.69, 9.17) is 29.4 Å². The van der Waals surface area contributed by atoms with E-state index in [0.29, 0.717) is 0 Å². The summed E-state index contributed by atoms with van der Waals surface area (Å²) in [5.74, 6) is 1.54. The summed E-state index contributed by atoms with van der Waals surface area (Å²) >= 11 is 9.49. The quantitative estimate of drug-likeness (QED) is 0.242. The Morgan fingerprint density at radius 3 is 0.879 bits per heavy atom. The van der Waals surface area contributed by atoms with Crippen molar-refractivity contribution in [1.82, 2.24) is 0 Å². The van der Waals surface area contributed by atoms with Gasteiger partial charge in [0.15, 0.2) is 0 Å². The molecule has 0 fully saturated rings. The Kier molecular flexibility index (Phi) is 8.33. The summed E-state index contributed by atoms with van der Waals surface area (Å²) in [6.45, 7) is 0. The average molecular weight is 503 g/mol. The minimum absolute atomic E-state index is 0.769. The summed E-state index contributed by atoms with van der Waals surface area (Å²) < 4.78 is 7.83. The molecule has 4 aromatic rings. The van der Waals surface area contributed by atoms with Crippen LogP contribution in [0.4, 0.5) is 0 Å². The van der Waals surface area contributed by atoms with Gasteiger partial charge in [-0.2, -0.15) is 25.3 Å². The molecule has 5 heteroatoms. The van der Waals surface area contributed by atoms with Crippen LogP contribution in [-0.2, 0) is 4.12 Å². The van der Waals surface area contributed by atoms with Gasteiger partial charge in [-0.1, -0.05) is 121 Å². The molecule has 0 atom stereocenters. The SMILES string of the molecule is SCC[Si](O[Si](CCS)(c1ccccc1)c1ccccc1)(c1ccccc1)c1ccccc1. The van der Waals surface area contributed by atoms with Crippen molar-refractivity contribution < 1.29 is 4.12 Å². The third kappa shape index (κ3) is 5.08. The molecule has 0 bridgehead atoms. The van der Waals surface area contributed by atoms with Crippen LogP contribution in [0.15, 0.2) is 121 Å². The molecule has 0 aliphatic heterocycles. The van der Waals surface area contributed by atoms with Gasteiger partial charge in [-0.3, -0.25) is 0 Å². The lowest BCUT2D eigenvalue weighted by atomic mass is 10.4. The van der Waals surface area contributed by atoms with E-state index in [2.05, 4.69) is 121 Å². The molecule has 0 N–H and O–H groups in total. The third-order valence-electron chi connectivity index (χ3n) is 6.24. The predicted molar refractivity (Wildman–Crippen MR) is 154 cm³/mol. The zero-order chi connectivity index (χ0) is 23.0. The van der Waals surface area contributed by atoms with Gasteiger partial charge in [-0.05, 0) is 44.3 Å². The Labute approximate surface area is 210 Å². The first kappa shape index (κ1) is 24.1. The molecule has 4 rings (SSSR count). The molecule has 0 spiro atoms. The summed E-state index contributed by atoms with van der Waals surface area (Å²) in [5.41, 5.74) is 0. The van der Waals surface area contributed by atoms with Crippen molar-refractivity contribution in [2.45, 2.75) is 12.1 Å². The standard InChI is InChI=1S/C28H30OS2Si2/c30-21-23-32(25-13-5-1-6-14-25,26-15-7-2-8-16-26)29-33(24-22-31,27-17-9-3-10-18-27)28-19-11-4-12-20-28/h1-20,30-31H,21-24H2. The number of thiol groups is 2. The van der Waals surface area contributed by atoms with Crippen LogP contribution >= 0.6 is 25.3 Å². The Balaban J connectivity index is 2.01. The fourth-order valence-electron chi connectivity index (χ4n) is 4.69. The zero-order valence-corrected chi connectivity index (χ0v) is 22.5. The molecular formula is C28H30OS2Si2. The van der Waals surface area contributed by atoms with E-state index in [-0.39, 0.29) is 0 Å². The van der Waals surface area contributed by atoms with E-state index >= 15 is 0 Å². The van der Waals surface area contributed by atoms with Gasteiger partial charge in [0, 0.05) is 0 Å². The van der Waals surface area contributed by atoms with Crippen molar-refractivity contribution in [3.05, 3.63) is 121 Å². The topological polar surface area (TPSA) is 9.23 Å². The fraction of sp³-hybridized carbons (Fsp3) is 0.143. The van der Waals surface area contributed by atoms with Crippen LogP contribution in [-0.4, -0.2) is 28.1 Å². The van der Waals surface area contributed by atoms with E-state index in [1.165, 1.54) is 20.7 Å². The Bertz CT molecular complexity index is 940. The van der Waals surface area contributed by atoms with E-state index in [0.717, 1.165) is 23.6 Å². The summed E-state index contributed by atoms with van der Waals surface area (Å²) in [6.07, 6.45) is 0. The number of hydrogen-bond acceptors (Lipinski definition) is 3. The monoisotopic (exact) mass is 502 g/mol. The van der Waals surface area contributed by atoms with E-state index in [9.17, 15) is 0 Å². The van der Waals surface area contributed by atoms with Crippen LogP contribution in [0.25, 0.3) is 0 Å². The van der Waals surface area contributed by atoms with Crippen LogP contribution in [0.5, 0.6) is 0 Å². The molecule has 33 heavy (non-hydrogen) atoms. The van der Waals surface area contributed by atoms with Crippen molar-refractivity contribution >= 4 is 62.6 Å². The third-order valence-corrected chi connectivity index (χ3v) is 17.3. The molecule has 1 nitrogen and oxygen atoms in total. The second-order valence-corrected chi connectivity index (χ2v) is 16.5. The van der Waals surface area contributed by atoms with Crippen LogP contribution < -0.4 is 20.7 Å². The molecule has 0 aliphatic carbocycles. The smallest absolute Gasteiger partial charge is 0.246 e. The van der Waals surface area contributed by atoms with Crippen LogP contribution in [0, 0.1) is 0 Å². The van der Waals surface area contributed by atoms with Crippen molar-refractivity contribution in [1.29, 1.82) is 0 Å². The van der Waals surface area contributed by atoms with Crippen molar-refractivity contribution in [2.24, 2.45) is 0 Å². The number of rotatable bonds is 10. The first-order valence-electron chi connectivity index (χ1n) is 11.4. The van der Waals surface area contributed by atoms with Crippen LogP contribution in [0.3, 0.4) is 0 Å². The maximum absolute atomic E-state index is 7.83. The molecule has 0 heterocycles. The van der Waals surface area contributed by atoms with Gasteiger partial charge < -0.3 is 4.12 Å². The summed E-state index contributed by atoms with van der Waals surface area (Å²) in [4.78, 5) is 0. The lowest BCUT2D eigenvalue weighted by Gasteiger charge is -2.43. The van der Waals surface area contributed by atoms with Crippen LogP contribution in [0.2, 0.25) is 12.1 Å². The van der Waals surface area contributed by atoms with E-state index in [1.807, 2.05) is 0 Å². The maximum Gasteiger partial charge on any atom is 0.246 e. The second kappa shape index (κ2) is 11.4. The molecule has 4 aromatic carbocycles. The molecule has 0 radical (unpaired) electrons. The highest BCUT2D eigenvalue weighted by Crippen LogP contribution is 2.24. The van der Waals surface area contributed by atoms with Gasteiger partial charge in [0.1, 0.15) is 0 Å². The molecule has 168 valence electrons. The molecule has 0 saturated carbocycles. The fourth-order valence-corrected chi connectivity index (χ4v) is 17.0. The molecule has 0 amide bonds. The molecule has 0 saturated heterocycles. The van der Waals surface area contributed by atoms with E-state index < -0.39 is 16.6 Å². The largest absolute Gasteiger partial charge is 0.442 e. The minimum Gasteiger partial charge on any atom is -0.442 e. The van der Waals surface area contributed by atoms with Gasteiger partial charge in [0.25, 0.3) is 0 Å². The second-order valence-electron chi connectivity index (χ2n) is 8.17. The minimum atomic E-state index is -2.63. The molecule has 0 aromatic heterocycles. The highest BCUT2D eigenvalue weighted by Gasteiger charge is 2.49. The van der Waals surface area contributed by atoms with Gasteiger partial charge in [0.2, 0.25) is 16.6 Å². The molecule has 0 aliphatic rings. The summed E-state index contributed by atoms with van der Waals surface area (Å²) in [5, 5.41) is 5.20. The predicted octanol–water partition coefficient (Wildman–Crippen LogP) is 4.38. The Morgan fingerprint density at radius 2 is 0.667 bits per heavy atom. The van der Waals surface area contributed by atoms with Gasteiger partial charge >= 0.3 is 0 Å². The average Bonchev–Trinajstić information content (AvgIpc) is 2.90. The summed E-state index contributed by atoms with van der Waals surface area (Å²) in [7, 11) is -5.27. The first-order chi connectivity index (χ1) is 16.2. The highest BCUT2D eigenvalue weighted by atomic mass is 32.1.